The monoisotopic (exact) mass is 331 g/mol. The molecule has 3 rings (SSSR count). The van der Waals surface area contributed by atoms with E-state index in [1.807, 2.05) is 0 Å². The average molecular weight is 331 g/mol. The molecule has 0 spiro atoms. The van der Waals surface area contributed by atoms with Gasteiger partial charge in [0.15, 0.2) is 18.2 Å². The van der Waals surface area contributed by atoms with Crippen molar-refractivity contribution in [3.63, 3.8) is 0 Å². The van der Waals surface area contributed by atoms with E-state index in [0.717, 1.165) is 0 Å². The topological polar surface area (TPSA) is 64.5 Å². The van der Waals surface area contributed by atoms with Gasteiger partial charge in [-0.05, 0) is 12.1 Å². The van der Waals surface area contributed by atoms with Crippen molar-refractivity contribution in [2.45, 2.75) is 18.9 Å². The Labute approximate surface area is 139 Å². The lowest BCUT2D eigenvalue weighted by Gasteiger charge is -2.31. The van der Waals surface area contributed by atoms with Gasteiger partial charge in [0.25, 0.3) is 5.91 Å². The number of para-hydroxylation sites is 1. The predicted octanol–water partition coefficient (Wildman–Crippen LogP) is 2.06. The SMILES string of the molecule is O=C(COc1ccccc1F)N1CCC(Oc2cnccn2)CC1. The summed E-state index contributed by atoms with van der Waals surface area (Å²) in [5.74, 6) is -0.0468. The third kappa shape index (κ3) is 4.18. The third-order valence-electron chi connectivity index (χ3n) is 3.81. The van der Waals surface area contributed by atoms with Gasteiger partial charge >= 0.3 is 0 Å². The molecule has 2 heterocycles. The summed E-state index contributed by atoms with van der Waals surface area (Å²) >= 11 is 0. The van der Waals surface area contributed by atoms with Crippen LogP contribution >= 0.6 is 0 Å². The Morgan fingerprint density at radius 1 is 1.25 bits per heavy atom. The van der Waals surface area contributed by atoms with Crippen molar-refractivity contribution < 1.29 is 18.7 Å². The van der Waals surface area contributed by atoms with Gasteiger partial charge in [0.1, 0.15) is 6.10 Å². The lowest BCUT2D eigenvalue weighted by molar-refractivity contribution is -0.135. The van der Waals surface area contributed by atoms with E-state index >= 15 is 0 Å². The number of aromatic nitrogens is 2. The van der Waals surface area contributed by atoms with Crippen LogP contribution in [0.25, 0.3) is 0 Å². The highest BCUT2D eigenvalue weighted by Crippen LogP contribution is 2.18. The lowest BCUT2D eigenvalue weighted by atomic mass is 10.1. The van der Waals surface area contributed by atoms with Crippen molar-refractivity contribution in [3.8, 4) is 11.6 Å². The fourth-order valence-corrected chi connectivity index (χ4v) is 2.53. The van der Waals surface area contributed by atoms with Crippen molar-refractivity contribution in [1.29, 1.82) is 0 Å². The molecule has 0 radical (unpaired) electrons. The number of nitrogens with zero attached hydrogens (tertiary/aromatic N) is 3. The quantitative estimate of drug-likeness (QED) is 0.839. The fraction of sp³-hybridized carbons (Fsp3) is 0.353. The van der Waals surface area contributed by atoms with Crippen molar-refractivity contribution in [3.05, 3.63) is 48.7 Å². The molecule has 0 aliphatic carbocycles. The van der Waals surface area contributed by atoms with E-state index < -0.39 is 5.82 Å². The van der Waals surface area contributed by atoms with E-state index in [4.69, 9.17) is 9.47 Å². The van der Waals surface area contributed by atoms with Crippen LogP contribution in [0.15, 0.2) is 42.9 Å². The molecule has 1 aromatic carbocycles. The molecule has 0 unspecified atom stereocenters. The maximum atomic E-state index is 13.5. The number of hydrogen-bond acceptors (Lipinski definition) is 5. The second kappa shape index (κ2) is 7.72. The van der Waals surface area contributed by atoms with Gasteiger partial charge in [0.05, 0.1) is 6.20 Å². The van der Waals surface area contributed by atoms with Crippen LogP contribution in [0, 0.1) is 5.82 Å². The van der Waals surface area contributed by atoms with Crippen LogP contribution in [0.3, 0.4) is 0 Å². The van der Waals surface area contributed by atoms with Crippen molar-refractivity contribution in [2.24, 2.45) is 0 Å². The van der Waals surface area contributed by atoms with Gasteiger partial charge in [-0.1, -0.05) is 12.1 Å². The number of ether oxygens (including phenoxy) is 2. The van der Waals surface area contributed by atoms with E-state index in [2.05, 4.69) is 9.97 Å². The summed E-state index contributed by atoms with van der Waals surface area (Å²) in [5, 5.41) is 0. The molecule has 2 aromatic rings. The second-order valence-corrected chi connectivity index (χ2v) is 5.46. The molecule has 126 valence electrons. The summed E-state index contributed by atoms with van der Waals surface area (Å²) in [6.07, 6.45) is 6.17. The molecular formula is C17H18FN3O3. The van der Waals surface area contributed by atoms with Gasteiger partial charge in [-0.15, -0.1) is 0 Å². The average Bonchev–Trinajstić information content (AvgIpc) is 2.62. The predicted molar refractivity (Wildman–Crippen MR) is 84.2 cm³/mol. The number of carbonyl (C=O) groups excluding carboxylic acids is 1. The molecule has 1 aromatic heterocycles. The zero-order valence-electron chi connectivity index (χ0n) is 13.1. The number of halogens is 1. The van der Waals surface area contributed by atoms with E-state index in [1.165, 1.54) is 12.1 Å². The number of benzene rings is 1. The van der Waals surface area contributed by atoms with Gasteiger partial charge in [-0.25, -0.2) is 9.37 Å². The number of carbonyl (C=O) groups is 1. The van der Waals surface area contributed by atoms with Crippen LogP contribution in [-0.4, -0.2) is 46.6 Å². The fourth-order valence-electron chi connectivity index (χ4n) is 2.53. The summed E-state index contributed by atoms with van der Waals surface area (Å²) in [6, 6.07) is 6.04. The van der Waals surface area contributed by atoms with Gasteiger partial charge in [-0.2, -0.15) is 0 Å². The largest absolute Gasteiger partial charge is 0.481 e. The summed E-state index contributed by atoms with van der Waals surface area (Å²) < 4.78 is 24.5. The smallest absolute Gasteiger partial charge is 0.260 e. The summed E-state index contributed by atoms with van der Waals surface area (Å²) in [7, 11) is 0. The summed E-state index contributed by atoms with van der Waals surface area (Å²) in [6.45, 7) is 0.978. The van der Waals surface area contributed by atoms with Gasteiger partial charge in [0, 0.05) is 38.3 Å². The highest BCUT2D eigenvalue weighted by Gasteiger charge is 2.24. The molecule has 0 atom stereocenters. The number of piperidine rings is 1. The molecule has 1 fully saturated rings. The lowest BCUT2D eigenvalue weighted by Crippen LogP contribution is -2.43. The number of rotatable bonds is 5. The number of likely N-dealkylation sites (tertiary alicyclic amines) is 1. The number of hydrogen-bond donors (Lipinski definition) is 0. The Bertz CT molecular complexity index is 676. The van der Waals surface area contributed by atoms with Crippen LogP contribution in [0.4, 0.5) is 4.39 Å². The van der Waals surface area contributed by atoms with Crippen molar-refractivity contribution in [2.75, 3.05) is 19.7 Å². The van der Waals surface area contributed by atoms with E-state index in [0.29, 0.717) is 31.8 Å². The third-order valence-corrected chi connectivity index (χ3v) is 3.81. The van der Waals surface area contributed by atoms with Crippen molar-refractivity contribution >= 4 is 5.91 Å². The van der Waals surface area contributed by atoms with E-state index in [9.17, 15) is 9.18 Å². The second-order valence-electron chi connectivity index (χ2n) is 5.46. The maximum Gasteiger partial charge on any atom is 0.260 e. The Kier molecular flexibility index (Phi) is 5.20. The van der Waals surface area contributed by atoms with E-state index in [-0.39, 0.29) is 24.4 Å². The molecule has 1 aliphatic heterocycles. The molecular weight excluding hydrogens is 313 g/mol. The van der Waals surface area contributed by atoms with Crippen LogP contribution in [0.1, 0.15) is 12.8 Å². The van der Waals surface area contributed by atoms with Crippen LogP contribution in [0.5, 0.6) is 11.6 Å². The summed E-state index contributed by atoms with van der Waals surface area (Å²) in [5.41, 5.74) is 0. The number of amides is 1. The van der Waals surface area contributed by atoms with Crippen LogP contribution in [0.2, 0.25) is 0 Å². The molecule has 0 N–H and O–H groups in total. The Balaban J connectivity index is 1.44. The summed E-state index contributed by atoms with van der Waals surface area (Å²) in [4.78, 5) is 21.9. The molecule has 1 saturated heterocycles. The molecule has 7 heteroatoms. The van der Waals surface area contributed by atoms with Crippen LogP contribution in [-0.2, 0) is 4.79 Å². The minimum Gasteiger partial charge on any atom is -0.481 e. The standard InChI is InChI=1S/C17H18FN3O3/c18-14-3-1-2-4-15(14)23-12-17(22)21-9-5-13(6-10-21)24-16-11-19-7-8-20-16/h1-4,7-8,11,13H,5-6,9-10,12H2. The van der Waals surface area contributed by atoms with Gasteiger partial charge in [-0.3, -0.25) is 9.78 Å². The normalized spacial score (nSPS) is 15.1. The molecule has 1 aliphatic rings. The van der Waals surface area contributed by atoms with Crippen molar-refractivity contribution in [1.82, 2.24) is 14.9 Å². The first-order valence-corrected chi connectivity index (χ1v) is 7.80. The first-order valence-electron chi connectivity index (χ1n) is 7.80. The molecule has 0 bridgehead atoms. The highest BCUT2D eigenvalue weighted by molar-refractivity contribution is 5.77. The first kappa shape index (κ1) is 16.2. The minimum absolute atomic E-state index is 0.0123. The zero-order valence-corrected chi connectivity index (χ0v) is 13.1. The van der Waals surface area contributed by atoms with E-state index in [1.54, 1.807) is 35.6 Å². The zero-order chi connectivity index (χ0) is 16.8. The van der Waals surface area contributed by atoms with Gasteiger partial charge < -0.3 is 14.4 Å². The molecule has 6 nitrogen and oxygen atoms in total. The minimum atomic E-state index is -0.471. The Morgan fingerprint density at radius 2 is 2.04 bits per heavy atom. The highest BCUT2D eigenvalue weighted by atomic mass is 19.1. The Morgan fingerprint density at radius 3 is 2.75 bits per heavy atom. The maximum absolute atomic E-state index is 13.5. The molecule has 0 saturated carbocycles. The molecule has 1 amide bonds. The van der Waals surface area contributed by atoms with Crippen LogP contribution < -0.4 is 9.47 Å². The van der Waals surface area contributed by atoms with Gasteiger partial charge in [0.2, 0.25) is 5.88 Å². The molecule has 24 heavy (non-hydrogen) atoms. The first-order chi connectivity index (χ1) is 11.7. The Hall–Kier alpha value is -2.70.